The monoisotopic (exact) mass is 439 g/mol. The van der Waals surface area contributed by atoms with Gasteiger partial charge in [0.25, 0.3) is 5.91 Å². The molecule has 2 aromatic heterocycles. The van der Waals surface area contributed by atoms with Gasteiger partial charge in [0.2, 0.25) is 0 Å². The number of amides is 1. The van der Waals surface area contributed by atoms with Crippen molar-refractivity contribution in [3.8, 4) is 11.5 Å². The molecule has 4 rings (SSSR count). The molecule has 8 heteroatoms. The largest absolute Gasteiger partial charge is 0.493 e. The minimum absolute atomic E-state index is 0.163. The van der Waals surface area contributed by atoms with Crippen molar-refractivity contribution < 1.29 is 14.3 Å². The topological polar surface area (TPSA) is 64.6 Å². The molecular formula is C22H18ClN3O3S. The Labute approximate surface area is 182 Å². The number of halogens is 1. The van der Waals surface area contributed by atoms with E-state index < -0.39 is 0 Å². The van der Waals surface area contributed by atoms with Crippen molar-refractivity contribution in [2.75, 3.05) is 18.6 Å². The van der Waals surface area contributed by atoms with Crippen LogP contribution in [-0.4, -0.2) is 29.6 Å². The fraction of sp³-hybridized carbons (Fsp3) is 0.136. The maximum absolute atomic E-state index is 13.1. The van der Waals surface area contributed by atoms with Gasteiger partial charge in [-0.1, -0.05) is 41.1 Å². The highest BCUT2D eigenvalue weighted by Crippen LogP contribution is 2.32. The number of hydrogen-bond donors (Lipinski definition) is 0. The lowest BCUT2D eigenvalue weighted by Gasteiger charge is -2.20. The zero-order valence-corrected chi connectivity index (χ0v) is 17.7. The van der Waals surface area contributed by atoms with E-state index in [1.807, 2.05) is 42.5 Å². The van der Waals surface area contributed by atoms with E-state index in [4.69, 9.17) is 21.1 Å². The molecule has 0 bridgehead atoms. The lowest BCUT2D eigenvalue weighted by molar-refractivity contribution is -0.120. The van der Waals surface area contributed by atoms with Gasteiger partial charge in [-0.3, -0.25) is 14.7 Å². The molecule has 30 heavy (non-hydrogen) atoms. The molecule has 0 unspecified atom stereocenters. The predicted molar refractivity (Wildman–Crippen MR) is 119 cm³/mol. The Morgan fingerprint density at radius 1 is 1.10 bits per heavy atom. The van der Waals surface area contributed by atoms with Crippen LogP contribution < -0.4 is 14.4 Å². The van der Waals surface area contributed by atoms with E-state index in [9.17, 15) is 4.79 Å². The summed E-state index contributed by atoms with van der Waals surface area (Å²) in [6.07, 6.45) is 1.70. The average Bonchev–Trinajstić information content (AvgIpc) is 3.19. The van der Waals surface area contributed by atoms with Crippen LogP contribution in [0.2, 0.25) is 5.02 Å². The van der Waals surface area contributed by atoms with Crippen molar-refractivity contribution in [2.24, 2.45) is 0 Å². The molecule has 6 nitrogen and oxygen atoms in total. The summed E-state index contributed by atoms with van der Waals surface area (Å²) in [5, 5.41) is 1.19. The van der Waals surface area contributed by atoms with E-state index in [-0.39, 0.29) is 19.1 Å². The van der Waals surface area contributed by atoms with Crippen molar-refractivity contribution in [1.29, 1.82) is 0 Å². The van der Waals surface area contributed by atoms with Gasteiger partial charge in [-0.05, 0) is 42.5 Å². The summed E-state index contributed by atoms with van der Waals surface area (Å²) in [4.78, 5) is 23.7. The van der Waals surface area contributed by atoms with Crippen molar-refractivity contribution in [3.05, 3.63) is 77.6 Å². The summed E-state index contributed by atoms with van der Waals surface area (Å²) in [5.41, 5.74) is 1.53. The molecular weight excluding hydrogens is 422 g/mol. The van der Waals surface area contributed by atoms with Crippen molar-refractivity contribution in [1.82, 2.24) is 9.97 Å². The predicted octanol–water partition coefficient (Wildman–Crippen LogP) is 4.97. The van der Waals surface area contributed by atoms with Crippen LogP contribution in [0.25, 0.3) is 10.2 Å². The fourth-order valence-electron chi connectivity index (χ4n) is 2.87. The second kappa shape index (κ2) is 9.11. The van der Waals surface area contributed by atoms with Crippen molar-refractivity contribution >= 4 is 44.2 Å². The van der Waals surface area contributed by atoms with Crippen LogP contribution in [0.15, 0.2) is 66.9 Å². The van der Waals surface area contributed by atoms with Crippen molar-refractivity contribution in [2.45, 2.75) is 6.54 Å². The van der Waals surface area contributed by atoms with Crippen LogP contribution in [0, 0.1) is 0 Å². The third-order valence-corrected chi connectivity index (χ3v) is 5.61. The number of rotatable bonds is 7. The second-order valence-corrected chi connectivity index (χ2v) is 7.79. The molecule has 0 atom stereocenters. The highest BCUT2D eigenvalue weighted by atomic mass is 35.5. The molecule has 1 amide bonds. The van der Waals surface area contributed by atoms with Crippen LogP contribution in [-0.2, 0) is 11.3 Å². The van der Waals surface area contributed by atoms with Gasteiger partial charge < -0.3 is 9.47 Å². The second-order valence-electron chi connectivity index (χ2n) is 6.35. The lowest BCUT2D eigenvalue weighted by Crippen LogP contribution is -2.34. The molecule has 0 saturated heterocycles. The molecule has 4 aromatic rings. The third-order valence-electron chi connectivity index (χ3n) is 4.34. The van der Waals surface area contributed by atoms with Crippen LogP contribution >= 0.6 is 22.9 Å². The molecule has 2 aromatic carbocycles. The molecule has 0 radical (unpaired) electrons. The molecule has 0 spiro atoms. The normalized spacial score (nSPS) is 10.7. The molecule has 152 valence electrons. The van der Waals surface area contributed by atoms with E-state index in [0.717, 1.165) is 15.9 Å². The van der Waals surface area contributed by atoms with E-state index >= 15 is 0 Å². The Morgan fingerprint density at radius 2 is 1.90 bits per heavy atom. The van der Waals surface area contributed by atoms with Gasteiger partial charge in [0.1, 0.15) is 0 Å². The molecule has 0 saturated carbocycles. The van der Waals surface area contributed by atoms with E-state index in [0.29, 0.717) is 21.7 Å². The number of pyridine rings is 1. The maximum atomic E-state index is 13.1. The molecule has 0 fully saturated rings. The number of fused-ring (bicyclic) bond motifs is 1. The van der Waals surface area contributed by atoms with Gasteiger partial charge in [0, 0.05) is 11.2 Å². The maximum Gasteiger partial charge on any atom is 0.267 e. The fourth-order valence-corrected chi connectivity index (χ4v) is 4.13. The SMILES string of the molecule is COc1ccccc1OCC(=O)N(Cc1ccccn1)c1nc2ccc(Cl)cc2s1. The number of methoxy groups -OCH3 is 1. The van der Waals surface area contributed by atoms with E-state index in [1.165, 1.54) is 11.3 Å². The number of hydrogen-bond acceptors (Lipinski definition) is 6. The van der Waals surface area contributed by atoms with Gasteiger partial charge >= 0.3 is 0 Å². The Morgan fingerprint density at radius 3 is 2.67 bits per heavy atom. The smallest absolute Gasteiger partial charge is 0.267 e. The van der Waals surface area contributed by atoms with Crippen LogP contribution in [0.3, 0.4) is 0 Å². The number of carbonyl (C=O) groups excluding carboxylic acids is 1. The highest BCUT2D eigenvalue weighted by molar-refractivity contribution is 7.22. The number of ether oxygens (including phenoxy) is 2. The molecule has 0 aliphatic rings. The Kier molecular flexibility index (Phi) is 6.11. The molecule has 0 aliphatic carbocycles. The minimum Gasteiger partial charge on any atom is -0.493 e. The zero-order valence-electron chi connectivity index (χ0n) is 16.1. The third kappa shape index (κ3) is 4.53. The van der Waals surface area contributed by atoms with E-state index in [1.54, 1.807) is 36.4 Å². The number of benzene rings is 2. The first kappa shape index (κ1) is 20.1. The summed E-state index contributed by atoms with van der Waals surface area (Å²) in [7, 11) is 1.56. The first-order valence-electron chi connectivity index (χ1n) is 9.16. The Balaban J connectivity index is 1.61. The highest BCUT2D eigenvalue weighted by Gasteiger charge is 2.22. The van der Waals surface area contributed by atoms with Gasteiger partial charge in [0.15, 0.2) is 23.2 Å². The number of nitrogens with zero attached hydrogens (tertiary/aromatic N) is 3. The lowest BCUT2D eigenvalue weighted by atomic mass is 10.3. The van der Waals surface area contributed by atoms with Gasteiger partial charge in [-0.15, -0.1) is 0 Å². The summed E-state index contributed by atoms with van der Waals surface area (Å²) in [5.74, 6) is 0.829. The average molecular weight is 440 g/mol. The van der Waals surface area contributed by atoms with E-state index in [2.05, 4.69) is 9.97 Å². The van der Waals surface area contributed by atoms with Gasteiger partial charge in [0.05, 0.1) is 29.6 Å². The summed E-state index contributed by atoms with van der Waals surface area (Å²) < 4.78 is 11.9. The number of carbonyl (C=O) groups is 1. The van der Waals surface area contributed by atoms with Crippen LogP contribution in [0.4, 0.5) is 5.13 Å². The van der Waals surface area contributed by atoms with Gasteiger partial charge in [-0.2, -0.15) is 0 Å². The Bertz CT molecular complexity index is 1170. The summed E-state index contributed by atoms with van der Waals surface area (Å²) in [6, 6.07) is 18.2. The quantitative estimate of drug-likeness (QED) is 0.407. The number of anilines is 1. The number of thiazole rings is 1. The van der Waals surface area contributed by atoms with Crippen LogP contribution in [0.5, 0.6) is 11.5 Å². The number of aromatic nitrogens is 2. The Hall–Kier alpha value is -3.16. The minimum atomic E-state index is -0.239. The van der Waals surface area contributed by atoms with Gasteiger partial charge in [-0.25, -0.2) is 4.98 Å². The standard InChI is InChI=1S/C22H18ClN3O3S/c1-28-18-7-2-3-8-19(18)29-14-21(27)26(13-16-6-4-5-11-24-16)22-25-17-10-9-15(23)12-20(17)30-22/h2-12H,13-14H2,1H3. The molecule has 2 heterocycles. The molecule has 0 N–H and O–H groups in total. The first-order valence-corrected chi connectivity index (χ1v) is 10.4. The van der Waals surface area contributed by atoms with Crippen molar-refractivity contribution in [3.63, 3.8) is 0 Å². The number of para-hydroxylation sites is 2. The summed E-state index contributed by atoms with van der Waals surface area (Å²) in [6.45, 7) is 0.117. The first-order chi connectivity index (χ1) is 14.6. The molecule has 0 aliphatic heterocycles. The zero-order chi connectivity index (χ0) is 20.9. The van der Waals surface area contributed by atoms with Crippen LogP contribution in [0.1, 0.15) is 5.69 Å². The summed E-state index contributed by atoms with van der Waals surface area (Å²) >= 11 is 7.50.